The number of nitrogens with one attached hydrogen (secondary N) is 1. The van der Waals surface area contributed by atoms with Crippen molar-refractivity contribution < 1.29 is 4.74 Å². The van der Waals surface area contributed by atoms with Crippen molar-refractivity contribution >= 4 is 11.3 Å². The molecule has 0 radical (unpaired) electrons. The standard InChI is InChI=1S/C12H16N4OS/c1-3-13-7-11-10(8-17-2)16-12(18-11)9-6-14-4-5-15-9/h4-6,13H,3,7-8H2,1-2H3. The maximum Gasteiger partial charge on any atom is 0.144 e. The molecule has 0 aliphatic rings. The molecule has 0 saturated heterocycles. The number of hydrogen-bond donors (Lipinski definition) is 1. The average Bonchev–Trinajstić information content (AvgIpc) is 2.81. The Morgan fingerprint density at radius 1 is 1.39 bits per heavy atom. The molecule has 1 N–H and O–H groups in total. The highest BCUT2D eigenvalue weighted by Gasteiger charge is 2.12. The van der Waals surface area contributed by atoms with Crippen molar-refractivity contribution in [1.29, 1.82) is 0 Å². The molecule has 96 valence electrons. The van der Waals surface area contributed by atoms with Crippen molar-refractivity contribution in [2.24, 2.45) is 0 Å². The molecule has 18 heavy (non-hydrogen) atoms. The molecule has 2 rings (SSSR count). The third kappa shape index (κ3) is 3.10. The molecule has 0 saturated carbocycles. The molecule has 0 amide bonds. The van der Waals surface area contributed by atoms with E-state index in [1.807, 2.05) is 0 Å². The Morgan fingerprint density at radius 3 is 2.94 bits per heavy atom. The van der Waals surface area contributed by atoms with Crippen molar-refractivity contribution in [3.63, 3.8) is 0 Å². The fraction of sp³-hybridized carbons (Fsp3) is 0.417. The minimum absolute atomic E-state index is 0.525. The van der Waals surface area contributed by atoms with Crippen LogP contribution < -0.4 is 5.32 Å². The summed E-state index contributed by atoms with van der Waals surface area (Å²) in [4.78, 5) is 14.1. The monoisotopic (exact) mass is 264 g/mol. The van der Waals surface area contributed by atoms with Crippen LogP contribution in [0.2, 0.25) is 0 Å². The molecule has 0 aromatic carbocycles. The number of rotatable bonds is 6. The zero-order valence-corrected chi connectivity index (χ0v) is 11.3. The van der Waals surface area contributed by atoms with Crippen molar-refractivity contribution in [3.05, 3.63) is 29.2 Å². The smallest absolute Gasteiger partial charge is 0.144 e. The predicted molar refractivity (Wildman–Crippen MR) is 71.2 cm³/mol. The molecular formula is C12H16N4OS. The summed E-state index contributed by atoms with van der Waals surface area (Å²) in [6, 6.07) is 0. The lowest BCUT2D eigenvalue weighted by atomic mass is 10.3. The first-order chi connectivity index (χ1) is 8.85. The maximum atomic E-state index is 5.18. The summed E-state index contributed by atoms with van der Waals surface area (Å²) in [5.41, 5.74) is 1.78. The lowest BCUT2D eigenvalue weighted by Gasteiger charge is -2.00. The molecular weight excluding hydrogens is 248 g/mol. The van der Waals surface area contributed by atoms with Gasteiger partial charge in [0.05, 0.1) is 18.5 Å². The lowest BCUT2D eigenvalue weighted by Crippen LogP contribution is -2.12. The van der Waals surface area contributed by atoms with E-state index in [0.29, 0.717) is 6.61 Å². The van der Waals surface area contributed by atoms with E-state index < -0.39 is 0 Å². The molecule has 0 bridgehead atoms. The van der Waals surface area contributed by atoms with Crippen LogP contribution in [0.15, 0.2) is 18.6 Å². The second-order valence-corrected chi connectivity index (χ2v) is 4.78. The SMILES string of the molecule is CCNCc1sc(-c2cnccn2)nc1COC. The summed E-state index contributed by atoms with van der Waals surface area (Å²) in [6.45, 7) is 4.36. The third-order valence-electron chi connectivity index (χ3n) is 2.38. The van der Waals surface area contributed by atoms with Crippen molar-refractivity contribution in [2.45, 2.75) is 20.1 Å². The Kier molecular flexibility index (Phi) is 4.74. The number of aromatic nitrogens is 3. The first kappa shape index (κ1) is 13.1. The Morgan fingerprint density at radius 2 is 2.28 bits per heavy atom. The Bertz CT molecular complexity index is 486. The minimum Gasteiger partial charge on any atom is -0.378 e. The van der Waals surface area contributed by atoms with E-state index in [0.717, 1.165) is 29.5 Å². The highest BCUT2D eigenvalue weighted by atomic mass is 32.1. The Hall–Kier alpha value is -1.37. The highest BCUT2D eigenvalue weighted by molar-refractivity contribution is 7.15. The van der Waals surface area contributed by atoms with E-state index in [4.69, 9.17) is 4.74 Å². The molecule has 0 aliphatic heterocycles. The molecule has 6 heteroatoms. The Balaban J connectivity index is 2.27. The average molecular weight is 264 g/mol. The van der Waals surface area contributed by atoms with Gasteiger partial charge in [0.15, 0.2) is 0 Å². The van der Waals surface area contributed by atoms with Crippen molar-refractivity contribution in [1.82, 2.24) is 20.3 Å². The normalized spacial score (nSPS) is 10.8. The van der Waals surface area contributed by atoms with Gasteiger partial charge in [-0.1, -0.05) is 6.92 Å². The van der Waals surface area contributed by atoms with Gasteiger partial charge in [0.1, 0.15) is 10.7 Å². The third-order valence-corrected chi connectivity index (χ3v) is 3.50. The summed E-state index contributed by atoms with van der Waals surface area (Å²) < 4.78 is 5.18. The second kappa shape index (κ2) is 6.53. The van der Waals surface area contributed by atoms with Gasteiger partial charge < -0.3 is 10.1 Å². The van der Waals surface area contributed by atoms with Crippen LogP contribution in [0.4, 0.5) is 0 Å². The van der Waals surface area contributed by atoms with Gasteiger partial charge >= 0.3 is 0 Å². The fourth-order valence-electron chi connectivity index (χ4n) is 1.53. The van der Waals surface area contributed by atoms with Crippen LogP contribution in [0.25, 0.3) is 10.7 Å². The van der Waals surface area contributed by atoms with Crippen molar-refractivity contribution in [2.75, 3.05) is 13.7 Å². The van der Waals surface area contributed by atoms with Gasteiger partial charge in [-0.15, -0.1) is 11.3 Å². The lowest BCUT2D eigenvalue weighted by molar-refractivity contribution is 0.181. The van der Waals surface area contributed by atoms with Crippen LogP contribution in [0, 0.1) is 0 Å². The van der Waals surface area contributed by atoms with Gasteiger partial charge in [-0.2, -0.15) is 0 Å². The van der Waals surface area contributed by atoms with Crippen LogP contribution in [0.5, 0.6) is 0 Å². The van der Waals surface area contributed by atoms with Crippen LogP contribution >= 0.6 is 11.3 Å². The van der Waals surface area contributed by atoms with Gasteiger partial charge in [0, 0.05) is 30.9 Å². The van der Waals surface area contributed by atoms with Crippen molar-refractivity contribution in [3.8, 4) is 10.7 Å². The molecule has 2 heterocycles. The summed E-state index contributed by atoms with van der Waals surface area (Å²) in [5.74, 6) is 0. The summed E-state index contributed by atoms with van der Waals surface area (Å²) in [6.07, 6.45) is 5.07. The van der Waals surface area contributed by atoms with Crippen LogP contribution in [0.1, 0.15) is 17.5 Å². The van der Waals surface area contributed by atoms with E-state index >= 15 is 0 Å². The minimum atomic E-state index is 0.525. The fourth-order valence-corrected chi connectivity index (χ4v) is 2.52. The summed E-state index contributed by atoms with van der Waals surface area (Å²) in [7, 11) is 1.68. The number of thiazole rings is 1. The van der Waals surface area contributed by atoms with E-state index in [2.05, 4.69) is 27.2 Å². The Labute approximate surface area is 110 Å². The van der Waals surface area contributed by atoms with Gasteiger partial charge in [0.25, 0.3) is 0 Å². The maximum absolute atomic E-state index is 5.18. The molecule has 2 aromatic rings. The number of hydrogen-bond acceptors (Lipinski definition) is 6. The first-order valence-electron chi connectivity index (χ1n) is 5.79. The summed E-state index contributed by atoms with van der Waals surface area (Å²) >= 11 is 1.64. The summed E-state index contributed by atoms with van der Waals surface area (Å²) in [5, 5.41) is 4.20. The quantitative estimate of drug-likeness (QED) is 0.863. The van der Waals surface area contributed by atoms with Gasteiger partial charge in [0.2, 0.25) is 0 Å². The van der Waals surface area contributed by atoms with Crippen LogP contribution in [-0.4, -0.2) is 28.6 Å². The number of nitrogens with zero attached hydrogens (tertiary/aromatic N) is 3. The first-order valence-corrected chi connectivity index (χ1v) is 6.61. The predicted octanol–water partition coefficient (Wildman–Crippen LogP) is 1.86. The molecule has 0 spiro atoms. The largest absolute Gasteiger partial charge is 0.378 e. The number of ether oxygens (including phenoxy) is 1. The van der Waals surface area contributed by atoms with Crippen LogP contribution in [-0.2, 0) is 17.9 Å². The van der Waals surface area contributed by atoms with E-state index in [-0.39, 0.29) is 0 Å². The van der Waals surface area contributed by atoms with Gasteiger partial charge in [-0.3, -0.25) is 9.97 Å². The van der Waals surface area contributed by atoms with Crippen LogP contribution in [0.3, 0.4) is 0 Å². The zero-order valence-electron chi connectivity index (χ0n) is 10.5. The molecule has 2 aromatic heterocycles. The van der Waals surface area contributed by atoms with Gasteiger partial charge in [-0.25, -0.2) is 4.98 Å². The molecule has 5 nitrogen and oxygen atoms in total. The molecule has 0 atom stereocenters. The number of methoxy groups -OCH3 is 1. The molecule has 0 aliphatic carbocycles. The highest BCUT2D eigenvalue weighted by Crippen LogP contribution is 2.26. The molecule has 0 unspecified atom stereocenters. The topological polar surface area (TPSA) is 59.9 Å². The zero-order chi connectivity index (χ0) is 12.8. The van der Waals surface area contributed by atoms with E-state index in [9.17, 15) is 0 Å². The van der Waals surface area contributed by atoms with E-state index in [1.54, 1.807) is 37.0 Å². The molecule has 0 fully saturated rings. The van der Waals surface area contributed by atoms with Gasteiger partial charge in [-0.05, 0) is 6.54 Å². The second-order valence-electron chi connectivity index (χ2n) is 3.69. The van der Waals surface area contributed by atoms with E-state index in [1.165, 1.54) is 4.88 Å².